The van der Waals surface area contributed by atoms with Crippen LogP contribution in [-0.2, 0) is 19.1 Å². The van der Waals surface area contributed by atoms with Gasteiger partial charge in [0.1, 0.15) is 25.1 Å². The molecule has 2 aromatic rings. The summed E-state index contributed by atoms with van der Waals surface area (Å²) in [4.78, 5) is 41.2. The van der Waals surface area contributed by atoms with Gasteiger partial charge in [-0.25, -0.2) is 4.39 Å². The van der Waals surface area contributed by atoms with Crippen molar-refractivity contribution in [3.05, 3.63) is 53.8 Å². The first-order valence-electron chi connectivity index (χ1n) is 12.0. The normalized spacial score (nSPS) is 15.7. The molecule has 2 aromatic carbocycles. The van der Waals surface area contributed by atoms with Crippen LogP contribution in [0.5, 0.6) is 11.5 Å². The monoisotopic (exact) mass is 499 g/mol. The number of ether oxygens (including phenoxy) is 3. The molecule has 0 radical (unpaired) electrons. The molecule has 1 saturated carbocycles. The smallest absolute Gasteiger partial charge is 0.317 e. The van der Waals surface area contributed by atoms with Gasteiger partial charge in [0, 0.05) is 37.0 Å². The van der Waals surface area contributed by atoms with Crippen LogP contribution < -0.4 is 25.0 Å². The number of carbonyl (C=O) groups excluding carboxylic acids is 3. The molecule has 1 aliphatic heterocycles. The Balaban J connectivity index is 1.76. The number of amides is 3. The Kier molecular flexibility index (Phi) is 8.37. The molecule has 3 amide bonds. The van der Waals surface area contributed by atoms with Crippen molar-refractivity contribution in [2.45, 2.75) is 37.8 Å². The second-order valence-corrected chi connectivity index (χ2v) is 8.67. The van der Waals surface area contributed by atoms with Crippen LogP contribution in [0.1, 0.15) is 37.3 Å². The Morgan fingerprint density at radius 3 is 2.53 bits per heavy atom. The van der Waals surface area contributed by atoms with Gasteiger partial charge in [-0.1, -0.05) is 31.0 Å². The molecular formula is C26H30FN3O6. The highest BCUT2D eigenvalue weighted by Crippen LogP contribution is 2.37. The van der Waals surface area contributed by atoms with E-state index in [1.807, 2.05) is 0 Å². The van der Waals surface area contributed by atoms with Gasteiger partial charge in [-0.3, -0.25) is 19.3 Å². The predicted octanol–water partition coefficient (Wildman–Crippen LogP) is 2.49. The third kappa shape index (κ3) is 5.76. The SMILES string of the molecule is COCCNC(=O)[C@H](c1ccccc1F)N(C(=O)C(=O)NC1CCCC1)c1ccc2c(c1)OCCO2. The van der Waals surface area contributed by atoms with Crippen LogP contribution in [-0.4, -0.2) is 57.2 Å². The molecule has 2 N–H and O–H groups in total. The minimum atomic E-state index is -1.47. The van der Waals surface area contributed by atoms with Crippen LogP contribution in [0.4, 0.5) is 10.1 Å². The molecule has 10 heteroatoms. The van der Waals surface area contributed by atoms with E-state index in [0.717, 1.165) is 30.6 Å². The van der Waals surface area contributed by atoms with E-state index in [1.54, 1.807) is 18.2 Å². The molecule has 0 unspecified atom stereocenters. The van der Waals surface area contributed by atoms with Crippen LogP contribution >= 0.6 is 0 Å². The topological polar surface area (TPSA) is 106 Å². The Morgan fingerprint density at radius 1 is 1.08 bits per heavy atom. The Hall–Kier alpha value is -3.66. The maximum Gasteiger partial charge on any atom is 0.317 e. The van der Waals surface area contributed by atoms with E-state index in [0.29, 0.717) is 24.7 Å². The lowest BCUT2D eigenvalue weighted by Gasteiger charge is -2.32. The quantitative estimate of drug-likeness (QED) is 0.427. The van der Waals surface area contributed by atoms with Gasteiger partial charge in [-0.2, -0.15) is 0 Å². The number of anilines is 1. The zero-order valence-corrected chi connectivity index (χ0v) is 20.1. The summed E-state index contributed by atoms with van der Waals surface area (Å²) in [5.41, 5.74) is 0.144. The van der Waals surface area contributed by atoms with E-state index in [1.165, 1.54) is 31.4 Å². The highest BCUT2D eigenvalue weighted by atomic mass is 19.1. The summed E-state index contributed by atoms with van der Waals surface area (Å²) in [6.07, 6.45) is 3.48. The fourth-order valence-electron chi connectivity index (χ4n) is 4.46. The van der Waals surface area contributed by atoms with Crippen LogP contribution in [0.2, 0.25) is 0 Å². The third-order valence-electron chi connectivity index (χ3n) is 6.22. The molecule has 0 aromatic heterocycles. The Labute approximate surface area is 208 Å². The van der Waals surface area contributed by atoms with Gasteiger partial charge in [-0.15, -0.1) is 0 Å². The number of rotatable bonds is 8. The minimum Gasteiger partial charge on any atom is -0.486 e. The molecule has 1 heterocycles. The van der Waals surface area contributed by atoms with E-state index < -0.39 is 29.6 Å². The largest absolute Gasteiger partial charge is 0.486 e. The lowest BCUT2D eigenvalue weighted by atomic mass is 10.0. The zero-order valence-electron chi connectivity index (χ0n) is 20.1. The summed E-state index contributed by atoms with van der Waals surface area (Å²) in [7, 11) is 1.48. The van der Waals surface area contributed by atoms with E-state index in [2.05, 4.69) is 10.6 Å². The summed E-state index contributed by atoms with van der Waals surface area (Å²) < 4.78 is 31.3. The maximum atomic E-state index is 15.0. The van der Waals surface area contributed by atoms with Crippen molar-refractivity contribution < 1.29 is 33.0 Å². The first-order valence-corrected chi connectivity index (χ1v) is 12.0. The first-order chi connectivity index (χ1) is 17.5. The molecule has 4 rings (SSSR count). The van der Waals surface area contributed by atoms with Gasteiger partial charge in [0.15, 0.2) is 11.5 Å². The lowest BCUT2D eigenvalue weighted by Crippen LogP contribution is -2.51. The predicted molar refractivity (Wildman–Crippen MR) is 129 cm³/mol. The number of fused-ring (bicyclic) bond motifs is 1. The minimum absolute atomic E-state index is 0.0516. The summed E-state index contributed by atoms with van der Waals surface area (Å²) >= 11 is 0. The average molecular weight is 500 g/mol. The molecule has 0 spiro atoms. The molecule has 192 valence electrons. The second-order valence-electron chi connectivity index (χ2n) is 8.67. The maximum absolute atomic E-state index is 15.0. The van der Waals surface area contributed by atoms with Crippen molar-refractivity contribution in [1.82, 2.24) is 10.6 Å². The van der Waals surface area contributed by atoms with Gasteiger partial charge in [-0.05, 0) is 31.0 Å². The number of hydrogen-bond donors (Lipinski definition) is 2. The lowest BCUT2D eigenvalue weighted by molar-refractivity contribution is -0.139. The van der Waals surface area contributed by atoms with Crippen LogP contribution in [0.25, 0.3) is 0 Å². The number of nitrogens with one attached hydrogen (secondary N) is 2. The number of benzene rings is 2. The average Bonchev–Trinajstić information content (AvgIpc) is 3.40. The van der Waals surface area contributed by atoms with E-state index >= 15 is 4.39 Å². The second kappa shape index (κ2) is 11.9. The number of halogens is 1. The summed E-state index contributed by atoms with van der Waals surface area (Å²) in [6, 6.07) is 8.76. The molecule has 1 aliphatic carbocycles. The van der Waals surface area contributed by atoms with Crippen molar-refractivity contribution in [3.8, 4) is 11.5 Å². The number of methoxy groups -OCH3 is 1. The Bertz CT molecular complexity index is 1100. The van der Waals surface area contributed by atoms with Crippen LogP contribution in [0.15, 0.2) is 42.5 Å². The van der Waals surface area contributed by atoms with Crippen molar-refractivity contribution in [2.75, 3.05) is 38.4 Å². The zero-order chi connectivity index (χ0) is 25.5. The van der Waals surface area contributed by atoms with Crippen LogP contribution in [0.3, 0.4) is 0 Å². The van der Waals surface area contributed by atoms with Gasteiger partial charge in [0.2, 0.25) is 5.91 Å². The van der Waals surface area contributed by atoms with Crippen molar-refractivity contribution >= 4 is 23.4 Å². The fourth-order valence-corrected chi connectivity index (χ4v) is 4.46. The highest BCUT2D eigenvalue weighted by Gasteiger charge is 2.38. The van der Waals surface area contributed by atoms with Gasteiger partial charge < -0.3 is 24.8 Å². The van der Waals surface area contributed by atoms with E-state index in [4.69, 9.17) is 14.2 Å². The molecule has 2 aliphatic rings. The molecule has 1 fully saturated rings. The van der Waals surface area contributed by atoms with Gasteiger partial charge in [0.05, 0.1) is 6.61 Å². The number of carbonyl (C=O) groups is 3. The van der Waals surface area contributed by atoms with Gasteiger partial charge >= 0.3 is 11.8 Å². The standard InChI is InChI=1S/C26H30FN3O6/c1-34-13-12-28-24(31)23(19-8-4-5-9-20(19)27)30(26(33)25(32)29-17-6-2-3-7-17)18-10-11-21-22(16-18)36-15-14-35-21/h4-5,8-11,16-17,23H,2-3,6-7,12-15H2,1H3,(H,28,31)(H,29,32)/t23-/m0/s1. The fraction of sp³-hybridized carbons (Fsp3) is 0.423. The summed E-state index contributed by atoms with van der Waals surface area (Å²) in [6.45, 7) is 1.03. The van der Waals surface area contributed by atoms with E-state index in [-0.39, 0.29) is 30.4 Å². The third-order valence-corrected chi connectivity index (χ3v) is 6.22. The molecular weight excluding hydrogens is 469 g/mol. The van der Waals surface area contributed by atoms with Crippen LogP contribution in [0, 0.1) is 5.82 Å². The summed E-state index contributed by atoms with van der Waals surface area (Å²) in [5, 5.41) is 5.45. The number of hydrogen-bond acceptors (Lipinski definition) is 6. The van der Waals surface area contributed by atoms with E-state index in [9.17, 15) is 14.4 Å². The molecule has 0 bridgehead atoms. The first kappa shape index (κ1) is 25.4. The van der Waals surface area contributed by atoms with Crippen molar-refractivity contribution in [2.24, 2.45) is 0 Å². The number of nitrogens with zero attached hydrogens (tertiary/aromatic N) is 1. The Morgan fingerprint density at radius 2 is 1.81 bits per heavy atom. The van der Waals surface area contributed by atoms with Crippen molar-refractivity contribution in [3.63, 3.8) is 0 Å². The molecule has 36 heavy (non-hydrogen) atoms. The molecule has 0 saturated heterocycles. The highest BCUT2D eigenvalue weighted by molar-refractivity contribution is 6.41. The summed E-state index contributed by atoms with van der Waals surface area (Å²) in [5.74, 6) is -2.35. The molecule has 1 atom stereocenters. The molecule has 9 nitrogen and oxygen atoms in total. The van der Waals surface area contributed by atoms with Crippen molar-refractivity contribution in [1.29, 1.82) is 0 Å². The van der Waals surface area contributed by atoms with Gasteiger partial charge in [0.25, 0.3) is 0 Å².